The third kappa shape index (κ3) is 1.92. The van der Waals surface area contributed by atoms with Crippen LogP contribution in [0.25, 0.3) is 10.9 Å². The van der Waals surface area contributed by atoms with Gasteiger partial charge >= 0.3 is 0 Å². The molecule has 0 N–H and O–H groups in total. The minimum absolute atomic E-state index is 0.881. The van der Waals surface area contributed by atoms with Crippen LogP contribution in [0.3, 0.4) is 0 Å². The van der Waals surface area contributed by atoms with Gasteiger partial charge in [-0.3, -0.25) is 0 Å². The summed E-state index contributed by atoms with van der Waals surface area (Å²) in [6, 6.07) is 10.3. The predicted molar refractivity (Wildman–Crippen MR) is 62.1 cm³/mol. The first kappa shape index (κ1) is 9.16. The molecule has 1 heterocycles. The van der Waals surface area contributed by atoms with Crippen molar-refractivity contribution in [1.29, 1.82) is 0 Å². The van der Waals surface area contributed by atoms with E-state index >= 15 is 0 Å². The van der Waals surface area contributed by atoms with Gasteiger partial charge < -0.3 is 0 Å². The second-order valence-electron chi connectivity index (χ2n) is 2.79. The van der Waals surface area contributed by atoms with Gasteiger partial charge in [0, 0.05) is 10.7 Å². The molecule has 2 rings (SSSR count). The summed E-state index contributed by atoms with van der Waals surface area (Å²) in [4.78, 5) is 4.35. The number of aromatic nitrogens is 1. The summed E-state index contributed by atoms with van der Waals surface area (Å²) in [6.45, 7) is 0. The second-order valence-corrected chi connectivity index (χ2v) is 4.17. The van der Waals surface area contributed by atoms with Gasteiger partial charge in [-0.15, -0.1) is 0 Å². The van der Waals surface area contributed by atoms with E-state index < -0.39 is 0 Å². The zero-order chi connectivity index (χ0) is 9.26. The van der Waals surface area contributed by atoms with Crippen LogP contribution in [0.1, 0.15) is 5.56 Å². The molecule has 0 saturated carbocycles. The Hall–Kier alpha value is -0.410. The summed E-state index contributed by atoms with van der Waals surface area (Å²) >= 11 is 6.78. The molecule has 0 saturated heterocycles. The number of hydrogen-bond acceptors (Lipinski definition) is 1. The van der Waals surface area contributed by atoms with E-state index in [1.165, 1.54) is 10.9 Å². The van der Waals surface area contributed by atoms with E-state index in [9.17, 15) is 0 Å². The van der Waals surface area contributed by atoms with E-state index in [4.69, 9.17) is 0 Å². The molecule has 0 aliphatic carbocycles. The SMILES string of the molecule is BrCc1ccc2nc(Br)ccc2c1. The van der Waals surface area contributed by atoms with Crippen molar-refractivity contribution in [1.82, 2.24) is 4.98 Å². The Morgan fingerprint density at radius 1 is 1.15 bits per heavy atom. The van der Waals surface area contributed by atoms with Gasteiger partial charge in [0.1, 0.15) is 4.60 Å². The van der Waals surface area contributed by atoms with Crippen molar-refractivity contribution in [2.75, 3.05) is 0 Å². The maximum Gasteiger partial charge on any atom is 0.106 e. The molecule has 0 unspecified atom stereocenters. The van der Waals surface area contributed by atoms with Gasteiger partial charge in [-0.05, 0) is 39.7 Å². The lowest BCUT2D eigenvalue weighted by Crippen LogP contribution is -1.82. The third-order valence-corrected chi connectivity index (χ3v) is 2.96. The van der Waals surface area contributed by atoms with Crippen LogP contribution in [-0.2, 0) is 5.33 Å². The van der Waals surface area contributed by atoms with E-state index in [1.54, 1.807) is 0 Å². The quantitative estimate of drug-likeness (QED) is 0.575. The van der Waals surface area contributed by atoms with Crippen molar-refractivity contribution >= 4 is 42.8 Å². The number of benzene rings is 1. The number of halogens is 2. The van der Waals surface area contributed by atoms with Crippen LogP contribution in [0.4, 0.5) is 0 Å². The largest absolute Gasteiger partial charge is 0.241 e. The van der Waals surface area contributed by atoms with Crippen molar-refractivity contribution in [2.45, 2.75) is 5.33 Å². The standard InChI is InChI=1S/C10H7Br2N/c11-6-7-1-3-9-8(5-7)2-4-10(12)13-9/h1-5H,6H2. The van der Waals surface area contributed by atoms with Crippen LogP contribution in [-0.4, -0.2) is 4.98 Å². The molecule has 0 fully saturated rings. The topological polar surface area (TPSA) is 12.9 Å². The number of rotatable bonds is 1. The lowest BCUT2D eigenvalue weighted by atomic mass is 10.1. The number of fused-ring (bicyclic) bond motifs is 1. The van der Waals surface area contributed by atoms with E-state index in [2.05, 4.69) is 55.0 Å². The summed E-state index contributed by atoms with van der Waals surface area (Å²) in [7, 11) is 0. The third-order valence-electron chi connectivity index (χ3n) is 1.87. The molecule has 1 aromatic heterocycles. The normalized spacial score (nSPS) is 10.6. The zero-order valence-electron chi connectivity index (χ0n) is 6.80. The van der Waals surface area contributed by atoms with Crippen LogP contribution in [0.15, 0.2) is 34.9 Å². The highest BCUT2D eigenvalue weighted by Gasteiger charge is 1.97. The molecule has 2 aromatic rings. The van der Waals surface area contributed by atoms with Crippen LogP contribution >= 0.6 is 31.9 Å². The van der Waals surface area contributed by atoms with Gasteiger partial charge in [0.15, 0.2) is 0 Å². The molecule has 66 valence electrons. The Labute approximate surface area is 93.4 Å². The molecule has 0 amide bonds. The number of hydrogen-bond donors (Lipinski definition) is 0. The Kier molecular flexibility index (Phi) is 2.65. The molecule has 0 aliphatic rings. The fourth-order valence-electron chi connectivity index (χ4n) is 1.23. The molecular weight excluding hydrogens is 294 g/mol. The first-order valence-corrected chi connectivity index (χ1v) is 5.82. The van der Waals surface area contributed by atoms with E-state index in [-0.39, 0.29) is 0 Å². The van der Waals surface area contributed by atoms with Crippen molar-refractivity contribution in [2.24, 2.45) is 0 Å². The molecule has 0 radical (unpaired) electrons. The van der Waals surface area contributed by atoms with Crippen molar-refractivity contribution in [3.63, 3.8) is 0 Å². The molecule has 13 heavy (non-hydrogen) atoms. The van der Waals surface area contributed by atoms with Crippen molar-refractivity contribution < 1.29 is 0 Å². The molecule has 0 atom stereocenters. The first-order chi connectivity index (χ1) is 6.29. The maximum absolute atomic E-state index is 4.35. The van der Waals surface area contributed by atoms with Gasteiger partial charge in [-0.1, -0.05) is 28.1 Å². The van der Waals surface area contributed by atoms with Crippen molar-refractivity contribution in [3.8, 4) is 0 Å². The smallest absolute Gasteiger partial charge is 0.106 e. The van der Waals surface area contributed by atoms with Gasteiger partial charge in [0.2, 0.25) is 0 Å². The summed E-state index contributed by atoms with van der Waals surface area (Å²) in [6.07, 6.45) is 0. The molecule has 1 nitrogen and oxygen atoms in total. The summed E-state index contributed by atoms with van der Waals surface area (Å²) in [5, 5.41) is 2.07. The second kappa shape index (κ2) is 3.76. The Morgan fingerprint density at radius 2 is 2.00 bits per heavy atom. The maximum atomic E-state index is 4.35. The highest BCUT2D eigenvalue weighted by Crippen LogP contribution is 2.18. The predicted octanol–water partition coefficient (Wildman–Crippen LogP) is 3.89. The monoisotopic (exact) mass is 299 g/mol. The van der Waals surface area contributed by atoms with E-state index in [0.29, 0.717) is 0 Å². The molecule has 0 bridgehead atoms. The minimum Gasteiger partial charge on any atom is -0.241 e. The summed E-state index contributed by atoms with van der Waals surface area (Å²) in [5.74, 6) is 0. The minimum atomic E-state index is 0.881. The lowest BCUT2D eigenvalue weighted by Gasteiger charge is -1.99. The molecule has 3 heteroatoms. The van der Waals surface area contributed by atoms with Crippen LogP contribution in [0, 0.1) is 0 Å². The average molecular weight is 301 g/mol. The Morgan fingerprint density at radius 3 is 2.77 bits per heavy atom. The zero-order valence-corrected chi connectivity index (χ0v) is 9.97. The van der Waals surface area contributed by atoms with Gasteiger partial charge in [0.05, 0.1) is 5.52 Å². The van der Waals surface area contributed by atoms with Crippen LogP contribution < -0.4 is 0 Å². The molecule has 0 aliphatic heterocycles. The number of alkyl halides is 1. The Balaban J connectivity index is 2.66. The first-order valence-electron chi connectivity index (χ1n) is 3.91. The highest BCUT2D eigenvalue weighted by atomic mass is 79.9. The average Bonchev–Trinajstić information content (AvgIpc) is 2.17. The molecular formula is C10H7Br2N. The molecule has 1 aromatic carbocycles. The summed E-state index contributed by atoms with van der Waals surface area (Å²) < 4.78 is 0.881. The van der Waals surface area contributed by atoms with Gasteiger partial charge in [-0.2, -0.15) is 0 Å². The Bertz CT molecular complexity index is 440. The van der Waals surface area contributed by atoms with Crippen LogP contribution in [0.2, 0.25) is 0 Å². The van der Waals surface area contributed by atoms with Crippen LogP contribution in [0.5, 0.6) is 0 Å². The summed E-state index contributed by atoms with van der Waals surface area (Å²) in [5.41, 5.74) is 2.30. The van der Waals surface area contributed by atoms with Crippen molar-refractivity contribution in [3.05, 3.63) is 40.5 Å². The fourth-order valence-corrected chi connectivity index (χ4v) is 1.91. The lowest BCUT2D eigenvalue weighted by molar-refractivity contribution is 1.34. The number of pyridine rings is 1. The van der Waals surface area contributed by atoms with Gasteiger partial charge in [0.25, 0.3) is 0 Å². The highest BCUT2D eigenvalue weighted by molar-refractivity contribution is 9.10. The molecule has 0 spiro atoms. The van der Waals surface area contributed by atoms with Gasteiger partial charge in [-0.25, -0.2) is 4.98 Å². The number of nitrogens with zero attached hydrogens (tertiary/aromatic N) is 1. The van der Waals surface area contributed by atoms with E-state index in [0.717, 1.165) is 15.4 Å². The fraction of sp³-hybridized carbons (Fsp3) is 0.100. The van der Waals surface area contributed by atoms with E-state index in [1.807, 2.05) is 12.1 Å².